The van der Waals surface area contributed by atoms with Gasteiger partial charge in [-0.2, -0.15) is 0 Å². The molecule has 0 aliphatic carbocycles. The highest BCUT2D eigenvalue weighted by atomic mass is 32.1. The van der Waals surface area contributed by atoms with Crippen LogP contribution in [0, 0.1) is 0 Å². The molecule has 7 heteroatoms. The minimum Gasteiger partial charge on any atom is -0.377 e. The number of methoxy groups -OCH3 is 1. The van der Waals surface area contributed by atoms with Crippen LogP contribution in [-0.2, 0) is 11.3 Å². The summed E-state index contributed by atoms with van der Waals surface area (Å²) in [7, 11) is 1.69. The molecule has 0 amide bonds. The maximum absolute atomic E-state index is 5.36. The molecule has 1 fully saturated rings. The molecule has 0 bridgehead atoms. The van der Waals surface area contributed by atoms with Gasteiger partial charge in [0.2, 0.25) is 0 Å². The molecule has 4 heterocycles. The van der Waals surface area contributed by atoms with Gasteiger partial charge in [-0.1, -0.05) is 30.3 Å². The number of piperidine rings is 1. The Morgan fingerprint density at radius 3 is 2.83 bits per heavy atom. The molecule has 5 rings (SSSR count). The normalized spacial score (nSPS) is 17.1. The lowest BCUT2D eigenvalue weighted by molar-refractivity contribution is 0.178. The molecule has 1 saturated heterocycles. The third-order valence-corrected chi connectivity index (χ3v) is 7.08. The summed E-state index contributed by atoms with van der Waals surface area (Å²) >= 11 is 3.41. The Hall–Kier alpha value is -2.35. The molecule has 1 aliphatic rings. The van der Waals surface area contributed by atoms with E-state index in [1.165, 1.54) is 22.6 Å². The Labute approximate surface area is 178 Å². The van der Waals surface area contributed by atoms with E-state index in [1.54, 1.807) is 29.8 Å². The molecular weight excluding hydrogens is 400 g/mol. The van der Waals surface area contributed by atoms with Crippen molar-refractivity contribution in [2.45, 2.75) is 31.9 Å². The summed E-state index contributed by atoms with van der Waals surface area (Å²) in [6, 6.07) is 10.8. The van der Waals surface area contributed by atoms with E-state index >= 15 is 0 Å². The number of thiophene rings is 1. The van der Waals surface area contributed by atoms with Crippen LogP contribution < -0.4 is 4.90 Å². The standard InChI is InChI=1S/C22H22N4OS2/c1-27-13-18-24-20(26-11-6-5-9-17(26)21-23-10-12-28-21)19-16(14-29-22(19)25-18)15-7-3-2-4-8-15/h2-4,7-8,10,12,14,17H,5-6,9,11,13H2,1H3/t17-/m1/s1. The number of nitrogens with zero attached hydrogens (tertiary/aromatic N) is 4. The van der Waals surface area contributed by atoms with E-state index in [0.29, 0.717) is 6.61 Å². The largest absolute Gasteiger partial charge is 0.377 e. The average molecular weight is 423 g/mol. The highest BCUT2D eigenvalue weighted by molar-refractivity contribution is 7.17. The first-order valence-electron chi connectivity index (χ1n) is 9.83. The monoisotopic (exact) mass is 422 g/mol. The van der Waals surface area contributed by atoms with E-state index in [1.807, 2.05) is 6.20 Å². The molecule has 1 aromatic carbocycles. The van der Waals surface area contributed by atoms with Crippen molar-refractivity contribution in [1.82, 2.24) is 15.0 Å². The molecule has 4 aromatic rings. The van der Waals surface area contributed by atoms with Gasteiger partial charge in [0.1, 0.15) is 22.3 Å². The Morgan fingerprint density at radius 2 is 2.03 bits per heavy atom. The molecular formula is C22H22N4OS2. The molecule has 148 valence electrons. The van der Waals surface area contributed by atoms with E-state index in [9.17, 15) is 0 Å². The van der Waals surface area contributed by atoms with Gasteiger partial charge in [-0.3, -0.25) is 0 Å². The van der Waals surface area contributed by atoms with Gasteiger partial charge >= 0.3 is 0 Å². The molecule has 0 saturated carbocycles. The fourth-order valence-corrected chi connectivity index (χ4v) is 5.78. The molecule has 1 aliphatic heterocycles. The number of benzene rings is 1. The number of hydrogen-bond acceptors (Lipinski definition) is 7. The molecule has 0 N–H and O–H groups in total. The molecule has 5 nitrogen and oxygen atoms in total. The zero-order chi connectivity index (χ0) is 19.6. The topological polar surface area (TPSA) is 51.1 Å². The maximum atomic E-state index is 5.36. The SMILES string of the molecule is COCc1nc(N2CCCC[C@@H]2c2nccs2)c2c(-c3ccccc3)csc2n1. The predicted molar refractivity (Wildman–Crippen MR) is 120 cm³/mol. The molecule has 0 radical (unpaired) electrons. The lowest BCUT2D eigenvalue weighted by Gasteiger charge is -2.36. The maximum Gasteiger partial charge on any atom is 0.158 e. The van der Waals surface area contributed by atoms with Crippen LogP contribution in [0.3, 0.4) is 0 Å². The number of aromatic nitrogens is 3. The van der Waals surface area contributed by atoms with Crippen LogP contribution in [0.15, 0.2) is 47.3 Å². The average Bonchev–Trinajstić information content (AvgIpc) is 3.44. The van der Waals surface area contributed by atoms with Gasteiger partial charge in [0.25, 0.3) is 0 Å². The summed E-state index contributed by atoms with van der Waals surface area (Å²) in [5.74, 6) is 1.75. The summed E-state index contributed by atoms with van der Waals surface area (Å²) in [6.07, 6.45) is 5.38. The first kappa shape index (κ1) is 18.7. The second kappa shape index (κ2) is 8.18. The highest BCUT2D eigenvalue weighted by Gasteiger charge is 2.30. The zero-order valence-electron chi connectivity index (χ0n) is 16.2. The van der Waals surface area contributed by atoms with Crippen molar-refractivity contribution in [3.8, 4) is 11.1 Å². The smallest absolute Gasteiger partial charge is 0.158 e. The summed E-state index contributed by atoms with van der Waals surface area (Å²) in [5, 5.41) is 6.58. The van der Waals surface area contributed by atoms with E-state index < -0.39 is 0 Å². The van der Waals surface area contributed by atoms with E-state index in [-0.39, 0.29) is 6.04 Å². The van der Waals surface area contributed by atoms with Crippen molar-refractivity contribution in [2.75, 3.05) is 18.6 Å². The van der Waals surface area contributed by atoms with Gasteiger partial charge < -0.3 is 9.64 Å². The molecule has 29 heavy (non-hydrogen) atoms. The van der Waals surface area contributed by atoms with Crippen LogP contribution in [-0.4, -0.2) is 28.6 Å². The lowest BCUT2D eigenvalue weighted by atomic mass is 10.0. The van der Waals surface area contributed by atoms with E-state index in [4.69, 9.17) is 14.7 Å². The summed E-state index contributed by atoms with van der Waals surface area (Å²) < 4.78 is 5.36. The Morgan fingerprint density at radius 1 is 1.14 bits per heavy atom. The van der Waals surface area contributed by atoms with Gasteiger partial charge in [0, 0.05) is 36.2 Å². The Bertz CT molecular complexity index is 1090. The number of rotatable bonds is 5. The van der Waals surface area contributed by atoms with Crippen molar-refractivity contribution in [3.63, 3.8) is 0 Å². The lowest BCUT2D eigenvalue weighted by Crippen LogP contribution is -2.34. The van der Waals surface area contributed by atoms with Crippen LogP contribution in [0.4, 0.5) is 5.82 Å². The van der Waals surface area contributed by atoms with E-state index in [0.717, 1.165) is 41.2 Å². The molecule has 0 spiro atoms. The van der Waals surface area contributed by atoms with Crippen molar-refractivity contribution < 1.29 is 4.74 Å². The molecule has 1 atom stereocenters. The molecule has 0 unspecified atom stereocenters. The summed E-state index contributed by atoms with van der Waals surface area (Å²) in [4.78, 5) is 17.9. The fourth-order valence-electron chi connectivity index (χ4n) is 4.04. The quantitative estimate of drug-likeness (QED) is 0.413. The van der Waals surface area contributed by atoms with Crippen LogP contribution in [0.5, 0.6) is 0 Å². The third kappa shape index (κ3) is 3.54. The number of fused-ring (bicyclic) bond motifs is 1. The Balaban J connectivity index is 1.70. The van der Waals surface area contributed by atoms with Crippen molar-refractivity contribution in [2.24, 2.45) is 0 Å². The van der Waals surface area contributed by atoms with Crippen LogP contribution in [0.1, 0.15) is 36.1 Å². The van der Waals surface area contributed by atoms with Gasteiger partial charge in [-0.05, 0) is 24.8 Å². The Kier molecular flexibility index (Phi) is 5.26. The van der Waals surface area contributed by atoms with Crippen molar-refractivity contribution in [1.29, 1.82) is 0 Å². The third-order valence-electron chi connectivity index (χ3n) is 5.33. The number of anilines is 1. The van der Waals surface area contributed by atoms with Crippen LogP contribution >= 0.6 is 22.7 Å². The highest BCUT2D eigenvalue weighted by Crippen LogP contribution is 2.43. The van der Waals surface area contributed by atoms with Crippen LogP contribution in [0.2, 0.25) is 0 Å². The first-order chi connectivity index (χ1) is 14.3. The van der Waals surface area contributed by atoms with Gasteiger partial charge in [0.15, 0.2) is 5.82 Å². The molecule has 3 aromatic heterocycles. The van der Waals surface area contributed by atoms with Crippen molar-refractivity contribution in [3.05, 3.63) is 58.1 Å². The predicted octanol–water partition coefficient (Wildman–Crippen LogP) is 5.69. The van der Waals surface area contributed by atoms with Gasteiger partial charge in [-0.15, -0.1) is 22.7 Å². The van der Waals surface area contributed by atoms with Crippen LogP contribution in [0.25, 0.3) is 21.3 Å². The fraction of sp³-hybridized carbons (Fsp3) is 0.318. The summed E-state index contributed by atoms with van der Waals surface area (Å²) in [6.45, 7) is 1.39. The second-order valence-electron chi connectivity index (χ2n) is 7.17. The number of ether oxygens (including phenoxy) is 1. The van der Waals surface area contributed by atoms with Crippen molar-refractivity contribution >= 4 is 38.7 Å². The summed E-state index contributed by atoms with van der Waals surface area (Å²) in [5.41, 5.74) is 2.40. The zero-order valence-corrected chi connectivity index (χ0v) is 17.9. The minimum absolute atomic E-state index is 0.265. The minimum atomic E-state index is 0.265. The number of hydrogen-bond donors (Lipinski definition) is 0. The van der Waals surface area contributed by atoms with Gasteiger partial charge in [-0.25, -0.2) is 15.0 Å². The second-order valence-corrected chi connectivity index (χ2v) is 8.95. The van der Waals surface area contributed by atoms with Gasteiger partial charge in [0.05, 0.1) is 11.4 Å². The number of thiazole rings is 1. The first-order valence-corrected chi connectivity index (χ1v) is 11.6. The van der Waals surface area contributed by atoms with E-state index in [2.05, 4.69) is 51.0 Å².